The molecule has 0 aromatic heterocycles. The number of nitrogens with one attached hydrogen (secondary N) is 1. The third-order valence-electron chi connectivity index (χ3n) is 4.28. The van der Waals surface area contributed by atoms with E-state index in [4.69, 9.17) is 21.1 Å². The molecule has 0 bridgehead atoms. The molecule has 0 fully saturated rings. The van der Waals surface area contributed by atoms with Crippen molar-refractivity contribution >= 4 is 23.2 Å². The monoisotopic (exact) mass is 409 g/mol. The van der Waals surface area contributed by atoms with Crippen molar-refractivity contribution in [3.05, 3.63) is 83.4 Å². The number of ether oxygens (including phenoxy) is 2. The van der Waals surface area contributed by atoms with Crippen LogP contribution in [0.25, 0.3) is 0 Å². The lowest BCUT2D eigenvalue weighted by Gasteiger charge is -2.19. The van der Waals surface area contributed by atoms with Crippen LogP contribution in [0.2, 0.25) is 5.02 Å². The molecule has 29 heavy (non-hydrogen) atoms. The molecule has 1 N–H and O–H groups in total. The first kappa shape index (κ1) is 20.7. The van der Waals surface area contributed by atoms with Gasteiger partial charge < -0.3 is 14.8 Å². The quantitative estimate of drug-likeness (QED) is 0.509. The zero-order valence-electron chi connectivity index (χ0n) is 16.7. The molecular weight excluding hydrogens is 386 g/mol. The molecule has 150 valence electrons. The highest BCUT2D eigenvalue weighted by molar-refractivity contribution is 6.31. The molecular formula is C24H24ClNO3. The summed E-state index contributed by atoms with van der Waals surface area (Å²) in [4.78, 5) is 12.4. The van der Waals surface area contributed by atoms with Gasteiger partial charge in [-0.3, -0.25) is 4.79 Å². The van der Waals surface area contributed by atoms with Crippen molar-refractivity contribution < 1.29 is 14.3 Å². The van der Waals surface area contributed by atoms with Gasteiger partial charge in [0, 0.05) is 5.02 Å². The van der Waals surface area contributed by atoms with E-state index in [1.165, 1.54) is 5.56 Å². The minimum atomic E-state index is -0.301. The Morgan fingerprint density at radius 1 is 0.931 bits per heavy atom. The van der Waals surface area contributed by atoms with Gasteiger partial charge in [0.15, 0.2) is 12.4 Å². The highest BCUT2D eigenvalue weighted by Crippen LogP contribution is 2.32. The molecule has 3 aromatic rings. The first-order valence-electron chi connectivity index (χ1n) is 9.37. The van der Waals surface area contributed by atoms with Crippen LogP contribution in [0.3, 0.4) is 0 Å². The highest BCUT2D eigenvalue weighted by Gasteiger charge is 2.14. The van der Waals surface area contributed by atoms with Crippen LogP contribution < -0.4 is 14.8 Å². The minimum Gasteiger partial charge on any atom is -0.484 e. The number of amides is 1. The summed E-state index contributed by atoms with van der Waals surface area (Å²) in [6, 6.07) is 22.2. The van der Waals surface area contributed by atoms with Gasteiger partial charge in [0.2, 0.25) is 0 Å². The molecule has 3 rings (SSSR count). The molecule has 0 atom stereocenters. The topological polar surface area (TPSA) is 47.6 Å². The van der Waals surface area contributed by atoms with E-state index in [2.05, 4.69) is 26.1 Å². The van der Waals surface area contributed by atoms with Gasteiger partial charge >= 0.3 is 0 Å². The van der Waals surface area contributed by atoms with Crippen LogP contribution in [0.15, 0.2) is 72.8 Å². The molecule has 1 amide bonds. The average Bonchev–Trinajstić information content (AvgIpc) is 2.69. The Morgan fingerprint density at radius 2 is 1.62 bits per heavy atom. The van der Waals surface area contributed by atoms with E-state index in [1.807, 2.05) is 54.6 Å². The van der Waals surface area contributed by atoms with Crippen LogP contribution in [0.4, 0.5) is 5.69 Å². The number of benzene rings is 3. The van der Waals surface area contributed by atoms with Crippen molar-refractivity contribution in [2.24, 2.45) is 0 Å². The van der Waals surface area contributed by atoms with Gasteiger partial charge in [-0.1, -0.05) is 62.7 Å². The Labute approximate surface area is 176 Å². The Hall–Kier alpha value is -2.98. The Bertz CT molecular complexity index is 964. The highest BCUT2D eigenvalue weighted by atomic mass is 35.5. The van der Waals surface area contributed by atoms with Crippen molar-refractivity contribution in [1.29, 1.82) is 0 Å². The molecule has 0 saturated carbocycles. The van der Waals surface area contributed by atoms with Crippen LogP contribution in [-0.2, 0) is 10.2 Å². The minimum absolute atomic E-state index is 0.0671. The number of rotatable bonds is 6. The van der Waals surface area contributed by atoms with Crippen molar-refractivity contribution in [1.82, 2.24) is 0 Å². The summed E-state index contributed by atoms with van der Waals surface area (Å²) in [5.41, 5.74) is 1.76. The first-order chi connectivity index (χ1) is 13.8. The van der Waals surface area contributed by atoms with Gasteiger partial charge in [-0.2, -0.15) is 0 Å². The summed E-state index contributed by atoms with van der Waals surface area (Å²) >= 11 is 6.09. The van der Waals surface area contributed by atoms with Crippen LogP contribution in [0, 0.1) is 0 Å². The van der Waals surface area contributed by atoms with Crippen LogP contribution >= 0.6 is 11.6 Å². The van der Waals surface area contributed by atoms with Crippen LogP contribution in [0.1, 0.15) is 26.3 Å². The zero-order valence-corrected chi connectivity index (χ0v) is 17.5. The van der Waals surface area contributed by atoms with E-state index in [0.717, 1.165) is 0 Å². The van der Waals surface area contributed by atoms with E-state index >= 15 is 0 Å². The summed E-state index contributed by atoms with van der Waals surface area (Å²) in [5.74, 6) is 1.51. The number of carbonyl (C=O) groups excluding carboxylic acids is 1. The second-order valence-corrected chi connectivity index (χ2v) is 8.10. The molecule has 0 aliphatic rings. The molecule has 0 aliphatic carbocycles. The zero-order chi connectivity index (χ0) is 20.9. The van der Waals surface area contributed by atoms with Gasteiger partial charge in [-0.25, -0.2) is 0 Å². The van der Waals surface area contributed by atoms with Crippen molar-refractivity contribution in [3.8, 4) is 17.2 Å². The van der Waals surface area contributed by atoms with Crippen LogP contribution in [-0.4, -0.2) is 12.5 Å². The van der Waals surface area contributed by atoms with Gasteiger partial charge in [0.1, 0.15) is 11.5 Å². The average molecular weight is 410 g/mol. The third kappa shape index (κ3) is 6.00. The second kappa shape index (κ2) is 9.01. The molecule has 0 unspecified atom stereocenters. The van der Waals surface area contributed by atoms with Crippen molar-refractivity contribution in [2.45, 2.75) is 26.2 Å². The summed E-state index contributed by atoms with van der Waals surface area (Å²) < 4.78 is 11.5. The number of hydrogen-bond acceptors (Lipinski definition) is 3. The number of hydrogen-bond donors (Lipinski definition) is 1. The van der Waals surface area contributed by atoms with Gasteiger partial charge in [0.05, 0.1) is 5.69 Å². The van der Waals surface area contributed by atoms with Gasteiger partial charge in [-0.15, -0.1) is 0 Å². The summed E-state index contributed by atoms with van der Waals surface area (Å²) in [6.07, 6.45) is 0. The van der Waals surface area contributed by atoms with E-state index in [0.29, 0.717) is 28.0 Å². The number of carbonyl (C=O) groups is 1. The van der Waals surface area contributed by atoms with Gasteiger partial charge in [0.25, 0.3) is 5.91 Å². The van der Waals surface area contributed by atoms with E-state index in [1.54, 1.807) is 18.2 Å². The number of halogens is 1. The van der Waals surface area contributed by atoms with E-state index < -0.39 is 0 Å². The summed E-state index contributed by atoms with van der Waals surface area (Å²) in [6.45, 7) is 6.33. The molecule has 0 heterocycles. The lowest BCUT2D eigenvalue weighted by atomic mass is 9.87. The Kier molecular flexibility index (Phi) is 6.45. The maximum atomic E-state index is 12.4. The van der Waals surface area contributed by atoms with Crippen molar-refractivity contribution in [2.75, 3.05) is 11.9 Å². The fourth-order valence-electron chi connectivity index (χ4n) is 2.69. The second-order valence-electron chi connectivity index (χ2n) is 7.67. The summed E-state index contributed by atoms with van der Waals surface area (Å²) in [7, 11) is 0. The Balaban J connectivity index is 1.63. The van der Waals surface area contributed by atoms with E-state index in [-0.39, 0.29) is 17.9 Å². The molecule has 0 spiro atoms. The van der Waals surface area contributed by atoms with Crippen LogP contribution in [0.5, 0.6) is 17.2 Å². The molecule has 0 aliphatic heterocycles. The predicted molar refractivity (Wildman–Crippen MR) is 117 cm³/mol. The number of anilines is 1. The lowest BCUT2D eigenvalue weighted by Crippen LogP contribution is -2.20. The maximum absolute atomic E-state index is 12.4. The van der Waals surface area contributed by atoms with Crippen molar-refractivity contribution in [3.63, 3.8) is 0 Å². The molecule has 0 saturated heterocycles. The first-order valence-corrected chi connectivity index (χ1v) is 9.75. The fourth-order valence-corrected chi connectivity index (χ4v) is 2.86. The molecule has 5 heteroatoms. The smallest absolute Gasteiger partial charge is 0.262 e. The Morgan fingerprint density at radius 3 is 2.28 bits per heavy atom. The lowest BCUT2D eigenvalue weighted by molar-refractivity contribution is -0.118. The molecule has 0 radical (unpaired) electrons. The normalized spacial score (nSPS) is 11.0. The fraction of sp³-hybridized carbons (Fsp3) is 0.208. The van der Waals surface area contributed by atoms with Gasteiger partial charge in [-0.05, 0) is 53.4 Å². The SMILES string of the molecule is CC(C)(C)c1ccc(OCC(=O)Nc2cc(Cl)ccc2Oc2ccccc2)cc1. The standard InChI is InChI=1S/C24H24ClNO3/c1-24(2,3)17-9-12-19(13-10-17)28-16-23(27)26-21-15-18(25)11-14-22(21)29-20-7-5-4-6-8-20/h4-15H,16H2,1-3H3,(H,26,27). The maximum Gasteiger partial charge on any atom is 0.262 e. The van der Waals surface area contributed by atoms with E-state index in [9.17, 15) is 4.79 Å². The number of para-hydroxylation sites is 1. The summed E-state index contributed by atoms with van der Waals surface area (Å²) in [5, 5.41) is 3.30. The molecule has 4 nitrogen and oxygen atoms in total. The largest absolute Gasteiger partial charge is 0.484 e. The molecule has 3 aromatic carbocycles. The third-order valence-corrected chi connectivity index (χ3v) is 4.51. The predicted octanol–water partition coefficient (Wildman–Crippen LogP) is 6.45.